The predicted octanol–water partition coefficient (Wildman–Crippen LogP) is 2.98. The van der Waals surface area contributed by atoms with Crippen LogP contribution in [0.15, 0.2) is 17.0 Å². The molecule has 0 spiro atoms. The Labute approximate surface area is 155 Å². The van der Waals surface area contributed by atoms with E-state index in [4.69, 9.17) is 9.47 Å². The van der Waals surface area contributed by atoms with Crippen LogP contribution in [0.4, 0.5) is 4.79 Å². The van der Waals surface area contributed by atoms with E-state index in [0.29, 0.717) is 26.1 Å². The Morgan fingerprint density at radius 3 is 2.96 bits per heavy atom. The number of imidazole rings is 1. The first-order valence-electron chi connectivity index (χ1n) is 8.31. The van der Waals surface area contributed by atoms with Crippen LogP contribution in [0, 0.1) is 6.92 Å². The number of hydrogen-bond donors (Lipinski definition) is 0. The molecule has 0 aromatic carbocycles. The highest BCUT2D eigenvalue weighted by atomic mass is 79.9. The van der Waals surface area contributed by atoms with Gasteiger partial charge in [0.2, 0.25) is 0 Å². The molecule has 0 saturated carbocycles. The number of amides is 1. The van der Waals surface area contributed by atoms with E-state index in [-0.39, 0.29) is 12.2 Å². The molecule has 1 atom stereocenters. The van der Waals surface area contributed by atoms with E-state index in [2.05, 4.69) is 25.9 Å². The van der Waals surface area contributed by atoms with E-state index in [0.717, 1.165) is 21.6 Å². The van der Waals surface area contributed by atoms with Crippen LogP contribution >= 0.6 is 15.9 Å². The number of carbonyl (C=O) groups is 1. The second-order valence-electron chi connectivity index (χ2n) is 7.23. The molecule has 2 aromatic heterocycles. The van der Waals surface area contributed by atoms with Gasteiger partial charge in [0, 0.05) is 24.7 Å². The molecule has 0 bridgehead atoms. The Hall–Kier alpha value is -1.67. The molecule has 25 heavy (non-hydrogen) atoms. The van der Waals surface area contributed by atoms with Crippen molar-refractivity contribution in [1.29, 1.82) is 0 Å². The lowest BCUT2D eigenvalue weighted by atomic mass is 10.1. The predicted molar refractivity (Wildman–Crippen MR) is 96.7 cm³/mol. The van der Waals surface area contributed by atoms with E-state index >= 15 is 0 Å². The zero-order valence-electron chi connectivity index (χ0n) is 15.0. The zero-order valence-corrected chi connectivity index (χ0v) is 16.5. The topological polar surface area (TPSA) is 69.0 Å². The van der Waals surface area contributed by atoms with Gasteiger partial charge >= 0.3 is 6.09 Å². The molecule has 7 nitrogen and oxygen atoms in total. The third-order valence-corrected chi connectivity index (χ3v) is 4.55. The first kappa shape index (κ1) is 18.1. The molecule has 1 unspecified atom stereocenters. The van der Waals surface area contributed by atoms with Crippen LogP contribution in [0.3, 0.4) is 0 Å². The molecule has 3 heterocycles. The van der Waals surface area contributed by atoms with Crippen LogP contribution in [0.5, 0.6) is 0 Å². The minimum Gasteiger partial charge on any atom is -0.444 e. The summed E-state index contributed by atoms with van der Waals surface area (Å²) < 4.78 is 14.0. The van der Waals surface area contributed by atoms with Crippen LogP contribution in [0.2, 0.25) is 0 Å². The van der Waals surface area contributed by atoms with Gasteiger partial charge in [-0.1, -0.05) is 0 Å². The van der Waals surface area contributed by atoms with Crippen molar-refractivity contribution in [3.63, 3.8) is 0 Å². The van der Waals surface area contributed by atoms with Crippen LogP contribution in [-0.4, -0.2) is 56.8 Å². The van der Waals surface area contributed by atoms with Gasteiger partial charge in [-0.25, -0.2) is 14.8 Å². The molecule has 136 valence electrons. The Morgan fingerprint density at radius 2 is 2.24 bits per heavy atom. The Balaban J connectivity index is 1.73. The van der Waals surface area contributed by atoms with Crippen LogP contribution in [-0.2, 0) is 15.9 Å². The largest absolute Gasteiger partial charge is 0.444 e. The smallest absolute Gasteiger partial charge is 0.410 e. The van der Waals surface area contributed by atoms with Gasteiger partial charge < -0.3 is 14.4 Å². The minimum absolute atomic E-state index is 0.112. The average molecular weight is 411 g/mol. The number of nitrogens with zero attached hydrogens (tertiary/aromatic N) is 4. The summed E-state index contributed by atoms with van der Waals surface area (Å²) in [5, 5.41) is 0. The molecule has 2 aromatic rings. The number of fused-ring (bicyclic) bond motifs is 1. The van der Waals surface area contributed by atoms with E-state index in [1.807, 2.05) is 38.2 Å². The molecule has 0 radical (unpaired) electrons. The molecule has 1 aliphatic heterocycles. The maximum Gasteiger partial charge on any atom is 0.410 e. The first-order valence-corrected chi connectivity index (χ1v) is 9.11. The van der Waals surface area contributed by atoms with Crippen molar-refractivity contribution < 1.29 is 14.3 Å². The van der Waals surface area contributed by atoms with Crippen molar-refractivity contribution in [2.45, 2.75) is 45.8 Å². The summed E-state index contributed by atoms with van der Waals surface area (Å²) in [7, 11) is 0. The molecular formula is C17H23BrN4O3. The first-order chi connectivity index (χ1) is 11.7. The fourth-order valence-corrected chi connectivity index (χ4v) is 3.33. The average Bonchev–Trinajstić information content (AvgIpc) is 2.81. The molecular weight excluding hydrogens is 388 g/mol. The summed E-state index contributed by atoms with van der Waals surface area (Å²) in [6.07, 6.45) is 1.99. The summed E-state index contributed by atoms with van der Waals surface area (Å²) in [4.78, 5) is 22.9. The SMILES string of the molecule is Cc1cc2nc(Br)c(CC3CN(C(=O)OC(C)(C)C)CCO3)n2cn1. The number of carbonyl (C=O) groups excluding carboxylic acids is 1. The van der Waals surface area contributed by atoms with Crippen LogP contribution in [0.25, 0.3) is 5.65 Å². The van der Waals surface area contributed by atoms with Crippen molar-refractivity contribution in [3.8, 4) is 0 Å². The van der Waals surface area contributed by atoms with E-state index in [1.54, 1.807) is 11.2 Å². The van der Waals surface area contributed by atoms with Crippen LogP contribution < -0.4 is 0 Å². The molecule has 1 aliphatic rings. The summed E-state index contributed by atoms with van der Waals surface area (Å²) in [5.41, 5.74) is 2.24. The summed E-state index contributed by atoms with van der Waals surface area (Å²) >= 11 is 3.52. The molecule has 0 N–H and O–H groups in total. The lowest BCUT2D eigenvalue weighted by Gasteiger charge is -2.34. The second kappa shape index (κ2) is 6.92. The summed E-state index contributed by atoms with van der Waals surface area (Å²) in [6.45, 7) is 9.07. The minimum atomic E-state index is -0.501. The van der Waals surface area contributed by atoms with Crippen molar-refractivity contribution in [2.75, 3.05) is 19.7 Å². The van der Waals surface area contributed by atoms with Gasteiger partial charge in [-0.3, -0.25) is 4.40 Å². The van der Waals surface area contributed by atoms with Crippen molar-refractivity contribution in [2.24, 2.45) is 0 Å². The molecule has 1 amide bonds. The molecule has 0 aliphatic carbocycles. The number of hydrogen-bond acceptors (Lipinski definition) is 5. The van der Waals surface area contributed by atoms with Crippen molar-refractivity contribution in [1.82, 2.24) is 19.3 Å². The third kappa shape index (κ3) is 4.30. The Bertz CT molecular complexity index is 784. The van der Waals surface area contributed by atoms with Crippen molar-refractivity contribution >= 4 is 27.7 Å². The monoisotopic (exact) mass is 410 g/mol. The summed E-state index contributed by atoms with van der Waals surface area (Å²) in [5.74, 6) is 0. The maximum absolute atomic E-state index is 12.3. The number of morpholine rings is 1. The molecule has 1 saturated heterocycles. The van der Waals surface area contributed by atoms with Gasteiger partial charge in [-0.15, -0.1) is 0 Å². The number of ether oxygens (including phenoxy) is 2. The van der Waals surface area contributed by atoms with E-state index in [1.165, 1.54) is 0 Å². The fraction of sp³-hybridized carbons (Fsp3) is 0.588. The quantitative estimate of drug-likeness (QED) is 0.760. The highest BCUT2D eigenvalue weighted by Crippen LogP contribution is 2.22. The lowest BCUT2D eigenvalue weighted by Crippen LogP contribution is -2.48. The molecule has 3 rings (SSSR count). The second-order valence-corrected chi connectivity index (χ2v) is 7.98. The Morgan fingerprint density at radius 1 is 1.48 bits per heavy atom. The van der Waals surface area contributed by atoms with Gasteiger partial charge in [0.1, 0.15) is 22.2 Å². The summed E-state index contributed by atoms with van der Waals surface area (Å²) in [6, 6.07) is 1.93. The number of aromatic nitrogens is 3. The highest BCUT2D eigenvalue weighted by molar-refractivity contribution is 9.10. The number of rotatable bonds is 2. The molecule has 1 fully saturated rings. The van der Waals surface area contributed by atoms with Gasteiger partial charge in [0.15, 0.2) is 0 Å². The van der Waals surface area contributed by atoms with Gasteiger partial charge in [-0.2, -0.15) is 0 Å². The standard InChI is InChI=1S/C17H23BrN4O3/c1-11-7-14-20-15(18)13(22(14)10-19-11)8-12-9-21(5-6-24-12)16(23)25-17(2,3)4/h7,10,12H,5-6,8-9H2,1-4H3. The maximum atomic E-state index is 12.3. The highest BCUT2D eigenvalue weighted by Gasteiger charge is 2.29. The fourth-order valence-electron chi connectivity index (χ4n) is 2.79. The van der Waals surface area contributed by atoms with Crippen molar-refractivity contribution in [3.05, 3.63) is 28.4 Å². The number of halogens is 1. The zero-order chi connectivity index (χ0) is 18.2. The third-order valence-electron chi connectivity index (χ3n) is 3.91. The lowest BCUT2D eigenvalue weighted by molar-refractivity contribution is -0.0419. The van der Waals surface area contributed by atoms with Crippen LogP contribution in [0.1, 0.15) is 32.2 Å². The van der Waals surface area contributed by atoms with Gasteiger partial charge in [0.05, 0.1) is 24.9 Å². The van der Waals surface area contributed by atoms with Gasteiger partial charge in [0.25, 0.3) is 0 Å². The number of aryl methyl sites for hydroxylation is 1. The Kier molecular flexibility index (Phi) is 5.02. The molecule has 8 heteroatoms. The van der Waals surface area contributed by atoms with E-state index in [9.17, 15) is 4.79 Å². The van der Waals surface area contributed by atoms with E-state index < -0.39 is 5.60 Å². The van der Waals surface area contributed by atoms with Gasteiger partial charge in [-0.05, 0) is 43.6 Å². The normalized spacial score (nSPS) is 18.6.